The molecule has 0 spiro atoms. The van der Waals surface area contributed by atoms with Crippen LogP contribution in [0.1, 0.15) is 22.3 Å². The normalized spacial score (nSPS) is 12.6. The van der Waals surface area contributed by atoms with E-state index in [4.69, 9.17) is 4.42 Å². The molecule has 178 valence electrons. The minimum absolute atomic E-state index is 0.919. The molecule has 1 nitrogen and oxygen atoms in total. The van der Waals surface area contributed by atoms with E-state index in [0.717, 1.165) is 16.9 Å². The van der Waals surface area contributed by atoms with Gasteiger partial charge >= 0.3 is 0 Å². The summed E-state index contributed by atoms with van der Waals surface area (Å²) in [5.74, 6) is 0.933. The fraction of sp³-hybridized carbons (Fsp3) is 0. The highest BCUT2D eigenvalue weighted by molar-refractivity contribution is 7.22. The van der Waals surface area contributed by atoms with Gasteiger partial charge in [0.05, 0.1) is 0 Å². The van der Waals surface area contributed by atoms with Crippen LogP contribution in [0.25, 0.3) is 54.0 Å². The third-order valence-corrected chi connectivity index (χ3v) is 8.66. The summed E-state index contributed by atoms with van der Waals surface area (Å²) < 4.78 is 8.00. The predicted octanol–water partition coefficient (Wildman–Crippen LogP) is 10.3. The zero-order valence-corrected chi connectivity index (χ0v) is 21.3. The van der Waals surface area contributed by atoms with Gasteiger partial charge in [-0.2, -0.15) is 0 Å². The van der Waals surface area contributed by atoms with Crippen LogP contribution >= 0.6 is 11.3 Å². The molecule has 0 saturated carbocycles. The quantitative estimate of drug-likeness (QED) is 0.234. The molecule has 2 heteroatoms. The van der Waals surface area contributed by atoms with Crippen LogP contribution in [0.5, 0.6) is 0 Å². The third kappa shape index (κ3) is 3.11. The molecule has 1 aliphatic rings. The number of thiophene rings is 1. The van der Waals surface area contributed by atoms with Crippen LogP contribution in [0.4, 0.5) is 0 Å². The molecule has 0 unspecified atom stereocenters. The molecular formula is C36H22OS. The van der Waals surface area contributed by atoms with Crippen LogP contribution < -0.4 is 0 Å². The Morgan fingerprint density at radius 3 is 1.79 bits per heavy atom. The SMILES string of the molecule is c1ccc(C2=C(c3ccccc3)c3cccc4oc(-c5ccccc5)c(c34)-c3sc4ccccc4c32)cc1. The van der Waals surface area contributed by atoms with Gasteiger partial charge in [-0.15, -0.1) is 11.3 Å². The first-order valence-corrected chi connectivity index (χ1v) is 13.7. The highest BCUT2D eigenvalue weighted by Gasteiger charge is 2.32. The number of benzene rings is 5. The zero-order valence-electron chi connectivity index (χ0n) is 20.5. The molecule has 2 aromatic heterocycles. The molecule has 0 radical (unpaired) electrons. The van der Waals surface area contributed by atoms with Crippen molar-refractivity contribution in [2.24, 2.45) is 0 Å². The lowest BCUT2D eigenvalue weighted by Crippen LogP contribution is -1.96. The molecule has 0 amide bonds. The van der Waals surface area contributed by atoms with E-state index in [9.17, 15) is 0 Å². The van der Waals surface area contributed by atoms with Gasteiger partial charge in [0, 0.05) is 37.0 Å². The lowest BCUT2D eigenvalue weighted by atomic mass is 9.85. The Hall–Kier alpha value is -4.66. The van der Waals surface area contributed by atoms with Crippen molar-refractivity contribution < 1.29 is 4.42 Å². The van der Waals surface area contributed by atoms with Crippen molar-refractivity contribution in [3.8, 4) is 21.8 Å². The number of rotatable bonds is 3. The van der Waals surface area contributed by atoms with Crippen molar-refractivity contribution in [2.45, 2.75) is 0 Å². The van der Waals surface area contributed by atoms with Crippen molar-refractivity contribution >= 4 is 43.5 Å². The van der Waals surface area contributed by atoms with Crippen LogP contribution in [0.2, 0.25) is 0 Å². The van der Waals surface area contributed by atoms with Gasteiger partial charge in [-0.1, -0.05) is 121 Å². The first kappa shape index (κ1) is 21.4. The molecule has 0 N–H and O–H groups in total. The second kappa shape index (κ2) is 8.44. The van der Waals surface area contributed by atoms with Crippen molar-refractivity contribution in [1.82, 2.24) is 0 Å². The largest absolute Gasteiger partial charge is 0.455 e. The summed E-state index contributed by atoms with van der Waals surface area (Å²) in [6.07, 6.45) is 0. The van der Waals surface area contributed by atoms with Crippen LogP contribution in [0, 0.1) is 0 Å². The van der Waals surface area contributed by atoms with E-state index in [0.29, 0.717) is 0 Å². The van der Waals surface area contributed by atoms with Crippen LogP contribution in [0.3, 0.4) is 0 Å². The number of hydrogen-bond donors (Lipinski definition) is 0. The molecule has 5 aromatic carbocycles. The lowest BCUT2D eigenvalue weighted by molar-refractivity contribution is 0.632. The Bertz CT molecular complexity index is 1990. The monoisotopic (exact) mass is 502 g/mol. The lowest BCUT2D eigenvalue weighted by Gasteiger charge is -2.17. The van der Waals surface area contributed by atoms with Gasteiger partial charge in [-0.3, -0.25) is 0 Å². The average molecular weight is 503 g/mol. The minimum atomic E-state index is 0.919. The number of fused-ring (bicyclic) bond motifs is 4. The maximum absolute atomic E-state index is 6.71. The van der Waals surface area contributed by atoms with E-state index >= 15 is 0 Å². The summed E-state index contributed by atoms with van der Waals surface area (Å²) in [7, 11) is 0. The molecule has 0 fully saturated rings. The molecule has 1 aliphatic carbocycles. The zero-order chi connectivity index (χ0) is 25.1. The topological polar surface area (TPSA) is 13.1 Å². The predicted molar refractivity (Wildman–Crippen MR) is 160 cm³/mol. The molecule has 0 saturated heterocycles. The summed E-state index contributed by atoms with van der Waals surface area (Å²) in [5.41, 5.74) is 10.6. The van der Waals surface area contributed by atoms with Crippen LogP contribution in [0.15, 0.2) is 138 Å². The van der Waals surface area contributed by atoms with Gasteiger partial charge in [0.15, 0.2) is 0 Å². The summed E-state index contributed by atoms with van der Waals surface area (Å²) in [6.45, 7) is 0. The second-order valence-corrected chi connectivity index (χ2v) is 10.7. The Labute approximate surface area is 224 Å². The van der Waals surface area contributed by atoms with Gasteiger partial charge in [0.1, 0.15) is 11.3 Å². The third-order valence-electron chi connectivity index (χ3n) is 7.47. The summed E-state index contributed by atoms with van der Waals surface area (Å²) in [4.78, 5) is 1.26. The van der Waals surface area contributed by atoms with E-state index in [1.807, 2.05) is 11.3 Å². The molecule has 0 bridgehead atoms. The molecular weight excluding hydrogens is 480 g/mol. The fourth-order valence-corrected chi connectivity index (χ4v) is 7.15. The standard InChI is InChI=1S/C36H22OS/c1-4-13-23(14-5-1)30-27-20-12-21-28-32(27)34(35(37-28)25-17-8-3-9-18-25)36-33(26-19-10-11-22-29(26)38-36)31(30)24-15-6-2-7-16-24/h1-22H. The van der Waals surface area contributed by atoms with Crippen molar-refractivity contribution in [3.05, 3.63) is 156 Å². The average Bonchev–Trinajstić information content (AvgIpc) is 3.52. The van der Waals surface area contributed by atoms with Crippen LogP contribution in [-0.4, -0.2) is 0 Å². The number of hydrogen-bond acceptors (Lipinski definition) is 2. The maximum atomic E-state index is 6.71. The Balaban J connectivity index is 1.64. The van der Waals surface area contributed by atoms with Crippen molar-refractivity contribution in [1.29, 1.82) is 0 Å². The van der Waals surface area contributed by atoms with Gasteiger partial charge in [0.2, 0.25) is 0 Å². The van der Waals surface area contributed by atoms with E-state index < -0.39 is 0 Å². The highest BCUT2D eigenvalue weighted by atomic mass is 32.1. The molecule has 2 heterocycles. The maximum Gasteiger partial charge on any atom is 0.144 e. The summed E-state index contributed by atoms with van der Waals surface area (Å²) >= 11 is 1.86. The van der Waals surface area contributed by atoms with E-state index in [2.05, 4.69) is 133 Å². The first-order chi connectivity index (χ1) is 18.9. The van der Waals surface area contributed by atoms with Gasteiger partial charge < -0.3 is 4.42 Å². The van der Waals surface area contributed by atoms with Crippen LogP contribution in [-0.2, 0) is 0 Å². The summed E-state index contributed by atoms with van der Waals surface area (Å²) in [5, 5.41) is 2.46. The Kier molecular flexibility index (Phi) is 4.76. The minimum Gasteiger partial charge on any atom is -0.455 e. The van der Waals surface area contributed by atoms with Crippen molar-refractivity contribution in [2.75, 3.05) is 0 Å². The Morgan fingerprint density at radius 1 is 0.474 bits per heavy atom. The van der Waals surface area contributed by atoms with E-state index in [1.54, 1.807) is 0 Å². The highest BCUT2D eigenvalue weighted by Crippen LogP contribution is 2.56. The van der Waals surface area contributed by atoms with Gasteiger partial charge in [0.25, 0.3) is 0 Å². The van der Waals surface area contributed by atoms with Gasteiger partial charge in [-0.25, -0.2) is 0 Å². The second-order valence-electron chi connectivity index (χ2n) is 9.64. The molecule has 0 aliphatic heterocycles. The first-order valence-electron chi connectivity index (χ1n) is 12.9. The van der Waals surface area contributed by atoms with Gasteiger partial charge in [-0.05, 0) is 40.0 Å². The van der Waals surface area contributed by atoms with E-state index in [-0.39, 0.29) is 0 Å². The molecule has 7 aromatic rings. The molecule has 38 heavy (non-hydrogen) atoms. The molecule has 8 rings (SSSR count). The number of furan rings is 1. The van der Waals surface area contributed by atoms with Crippen molar-refractivity contribution in [3.63, 3.8) is 0 Å². The summed E-state index contributed by atoms with van der Waals surface area (Å²) in [6, 6.07) is 47.5. The Morgan fingerprint density at radius 2 is 1.08 bits per heavy atom. The van der Waals surface area contributed by atoms with E-state index in [1.165, 1.54) is 59.3 Å². The smallest absolute Gasteiger partial charge is 0.144 e. The molecule has 0 atom stereocenters. The fourth-order valence-electron chi connectivity index (χ4n) is 5.89.